The minimum atomic E-state index is 0.132. The maximum Gasteiger partial charge on any atom is 0.236 e. The fourth-order valence-corrected chi connectivity index (χ4v) is 3.05. The Kier molecular flexibility index (Phi) is 6.07. The number of morpholine rings is 1. The third-order valence-corrected chi connectivity index (χ3v) is 4.18. The van der Waals surface area contributed by atoms with Crippen LogP contribution in [0.2, 0.25) is 0 Å². The van der Waals surface area contributed by atoms with Gasteiger partial charge in [0.15, 0.2) is 0 Å². The zero-order valence-corrected chi connectivity index (χ0v) is 11.7. The molecule has 1 saturated carbocycles. The van der Waals surface area contributed by atoms with Crippen LogP contribution in [0.1, 0.15) is 32.1 Å². The number of rotatable bonds is 5. The average Bonchev–Trinajstić information content (AvgIpc) is 2.48. The molecule has 0 aromatic carbocycles. The van der Waals surface area contributed by atoms with Gasteiger partial charge in [0, 0.05) is 25.7 Å². The van der Waals surface area contributed by atoms with Gasteiger partial charge < -0.3 is 14.7 Å². The number of nitrogens with zero attached hydrogens (tertiary/aromatic N) is 2. The molecular formula is C14H26N2O3. The summed E-state index contributed by atoms with van der Waals surface area (Å²) in [7, 11) is 0. The zero-order valence-electron chi connectivity index (χ0n) is 11.7. The van der Waals surface area contributed by atoms with E-state index in [1.54, 1.807) is 0 Å². The number of aliphatic hydroxyl groups excluding tert-OH is 1. The molecule has 5 heteroatoms. The maximum atomic E-state index is 12.3. The molecule has 110 valence electrons. The Hall–Kier alpha value is -0.650. The van der Waals surface area contributed by atoms with E-state index in [1.165, 1.54) is 19.3 Å². The summed E-state index contributed by atoms with van der Waals surface area (Å²) in [6.07, 6.45) is 6.13. The van der Waals surface area contributed by atoms with Crippen molar-refractivity contribution in [2.75, 3.05) is 46.0 Å². The number of ether oxygens (including phenoxy) is 1. The Bertz CT molecular complexity index is 274. The molecule has 0 atom stereocenters. The van der Waals surface area contributed by atoms with Gasteiger partial charge in [0.05, 0.1) is 26.4 Å². The molecule has 0 aromatic heterocycles. The normalized spacial score (nSPS) is 21.9. The van der Waals surface area contributed by atoms with Crippen LogP contribution in [0, 0.1) is 0 Å². The van der Waals surface area contributed by atoms with Crippen LogP contribution in [-0.2, 0) is 9.53 Å². The summed E-state index contributed by atoms with van der Waals surface area (Å²) in [6, 6.07) is 0.478. The van der Waals surface area contributed by atoms with Crippen LogP contribution < -0.4 is 0 Å². The molecule has 1 aliphatic carbocycles. The number of hydrogen-bond donors (Lipinski definition) is 1. The Labute approximate surface area is 115 Å². The molecule has 0 radical (unpaired) electrons. The van der Waals surface area contributed by atoms with Gasteiger partial charge >= 0.3 is 0 Å². The first-order chi connectivity index (χ1) is 9.31. The third kappa shape index (κ3) is 4.44. The lowest BCUT2D eigenvalue weighted by Crippen LogP contribution is -2.49. The molecule has 1 N–H and O–H groups in total. The van der Waals surface area contributed by atoms with E-state index >= 15 is 0 Å². The monoisotopic (exact) mass is 270 g/mol. The summed E-state index contributed by atoms with van der Waals surface area (Å²) in [5, 5.41) is 9.20. The van der Waals surface area contributed by atoms with Gasteiger partial charge in [0.25, 0.3) is 0 Å². The number of carbonyl (C=O) groups is 1. The summed E-state index contributed by atoms with van der Waals surface area (Å²) in [4.78, 5) is 16.3. The molecule has 1 heterocycles. The number of carbonyl (C=O) groups excluding carboxylic acids is 1. The Morgan fingerprint density at radius 2 is 1.89 bits per heavy atom. The molecular weight excluding hydrogens is 244 g/mol. The average molecular weight is 270 g/mol. The molecule has 2 fully saturated rings. The first-order valence-corrected chi connectivity index (χ1v) is 7.51. The minimum absolute atomic E-state index is 0.132. The van der Waals surface area contributed by atoms with Gasteiger partial charge in [-0.05, 0) is 12.8 Å². The highest BCUT2D eigenvalue weighted by atomic mass is 16.5. The Balaban J connectivity index is 1.85. The van der Waals surface area contributed by atoms with Crippen molar-refractivity contribution in [1.82, 2.24) is 9.80 Å². The van der Waals surface area contributed by atoms with E-state index in [0.717, 1.165) is 12.8 Å². The lowest BCUT2D eigenvalue weighted by molar-refractivity contribution is -0.137. The highest BCUT2D eigenvalue weighted by Gasteiger charge is 2.25. The second-order valence-electron chi connectivity index (χ2n) is 5.48. The second kappa shape index (κ2) is 7.82. The van der Waals surface area contributed by atoms with Crippen molar-refractivity contribution in [3.63, 3.8) is 0 Å². The Morgan fingerprint density at radius 1 is 1.21 bits per heavy atom. The second-order valence-corrected chi connectivity index (χ2v) is 5.48. The van der Waals surface area contributed by atoms with Crippen LogP contribution in [0.15, 0.2) is 0 Å². The fourth-order valence-electron chi connectivity index (χ4n) is 3.05. The van der Waals surface area contributed by atoms with Crippen molar-refractivity contribution in [3.8, 4) is 0 Å². The molecule has 0 aromatic rings. The summed E-state index contributed by atoms with van der Waals surface area (Å²) >= 11 is 0. The zero-order chi connectivity index (χ0) is 13.5. The predicted molar refractivity (Wildman–Crippen MR) is 72.9 cm³/mol. The van der Waals surface area contributed by atoms with Crippen molar-refractivity contribution in [3.05, 3.63) is 0 Å². The van der Waals surface area contributed by atoms with E-state index in [9.17, 15) is 9.90 Å². The molecule has 5 nitrogen and oxygen atoms in total. The first kappa shape index (κ1) is 14.8. The quantitative estimate of drug-likeness (QED) is 0.789. The SMILES string of the molecule is O=C(CN(CCO)C1CCCCC1)N1CCOCC1. The standard InChI is InChI=1S/C14H26N2O3/c17-9-6-16(13-4-2-1-3-5-13)12-14(18)15-7-10-19-11-8-15/h13,17H,1-12H2. The van der Waals surface area contributed by atoms with Crippen molar-refractivity contribution < 1.29 is 14.6 Å². The van der Waals surface area contributed by atoms with Gasteiger partial charge in [-0.1, -0.05) is 19.3 Å². The van der Waals surface area contributed by atoms with E-state index < -0.39 is 0 Å². The van der Waals surface area contributed by atoms with Gasteiger partial charge in [-0.25, -0.2) is 0 Å². The van der Waals surface area contributed by atoms with E-state index in [1.807, 2.05) is 4.90 Å². The number of amides is 1. The van der Waals surface area contributed by atoms with Crippen LogP contribution in [0.5, 0.6) is 0 Å². The molecule has 0 bridgehead atoms. The first-order valence-electron chi connectivity index (χ1n) is 7.51. The Morgan fingerprint density at radius 3 is 2.53 bits per heavy atom. The van der Waals surface area contributed by atoms with E-state index in [-0.39, 0.29) is 12.5 Å². The van der Waals surface area contributed by atoms with E-state index in [2.05, 4.69) is 4.90 Å². The lowest BCUT2D eigenvalue weighted by atomic mass is 9.94. The van der Waals surface area contributed by atoms with Gasteiger partial charge in [-0.2, -0.15) is 0 Å². The van der Waals surface area contributed by atoms with Crippen LogP contribution in [-0.4, -0.2) is 72.9 Å². The molecule has 1 amide bonds. The lowest BCUT2D eigenvalue weighted by Gasteiger charge is -2.35. The van der Waals surface area contributed by atoms with Crippen LogP contribution >= 0.6 is 0 Å². The van der Waals surface area contributed by atoms with Gasteiger partial charge in [0.1, 0.15) is 0 Å². The molecule has 1 saturated heterocycles. The van der Waals surface area contributed by atoms with Crippen LogP contribution in [0.25, 0.3) is 0 Å². The van der Waals surface area contributed by atoms with E-state index in [0.29, 0.717) is 45.4 Å². The summed E-state index contributed by atoms with van der Waals surface area (Å²) in [5.41, 5.74) is 0. The molecule has 19 heavy (non-hydrogen) atoms. The highest BCUT2D eigenvalue weighted by Crippen LogP contribution is 2.22. The molecule has 2 aliphatic rings. The van der Waals surface area contributed by atoms with Crippen molar-refractivity contribution >= 4 is 5.91 Å². The van der Waals surface area contributed by atoms with Crippen molar-refractivity contribution in [2.24, 2.45) is 0 Å². The molecule has 1 aliphatic heterocycles. The van der Waals surface area contributed by atoms with Gasteiger partial charge in [-0.15, -0.1) is 0 Å². The maximum absolute atomic E-state index is 12.3. The van der Waals surface area contributed by atoms with Crippen LogP contribution in [0.4, 0.5) is 0 Å². The smallest absolute Gasteiger partial charge is 0.236 e. The minimum Gasteiger partial charge on any atom is -0.395 e. The largest absolute Gasteiger partial charge is 0.395 e. The fraction of sp³-hybridized carbons (Fsp3) is 0.929. The van der Waals surface area contributed by atoms with E-state index in [4.69, 9.17) is 4.74 Å². The summed E-state index contributed by atoms with van der Waals surface area (Å²) < 4.78 is 5.27. The number of aliphatic hydroxyl groups is 1. The molecule has 0 spiro atoms. The molecule has 2 rings (SSSR count). The van der Waals surface area contributed by atoms with Gasteiger partial charge in [0.2, 0.25) is 5.91 Å². The predicted octanol–water partition coefficient (Wildman–Crippen LogP) is 0.472. The number of hydrogen-bond acceptors (Lipinski definition) is 4. The topological polar surface area (TPSA) is 53.0 Å². The third-order valence-electron chi connectivity index (χ3n) is 4.18. The highest BCUT2D eigenvalue weighted by molar-refractivity contribution is 5.78. The van der Waals surface area contributed by atoms with Crippen molar-refractivity contribution in [1.29, 1.82) is 0 Å². The summed E-state index contributed by atoms with van der Waals surface area (Å²) in [5.74, 6) is 0.183. The summed E-state index contributed by atoms with van der Waals surface area (Å²) in [6.45, 7) is 3.90. The van der Waals surface area contributed by atoms with Crippen LogP contribution in [0.3, 0.4) is 0 Å². The molecule has 0 unspecified atom stereocenters. The van der Waals surface area contributed by atoms with Crippen molar-refractivity contribution in [2.45, 2.75) is 38.1 Å². The van der Waals surface area contributed by atoms with Gasteiger partial charge in [-0.3, -0.25) is 9.69 Å².